The number of aromatic nitrogens is 2. The Balaban J connectivity index is 1.53. The van der Waals surface area contributed by atoms with E-state index in [4.69, 9.17) is 4.98 Å². The van der Waals surface area contributed by atoms with Crippen molar-refractivity contribution in [1.82, 2.24) is 9.38 Å². The van der Waals surface area contributed by atoms with E-state index >= 15 is 0 Å². The van der Waals surface area contributed by atoms with Crippen LogP contribution in [-0.4, -0.2) is 21.0 Å². The van der Waals surface area contributed by atoms with Crippen molar-refractivity contribution < 1.29 is 4.79 Å². The van der Waals surface area contributed by atoms with E-state index in [-0.39, 0.29) is 5.91 Å². The van der Waals surface area contributed by atoms with Gasteiger partial charge in [0.1, 0.15) is 11.5 Å². The summed E-state index contributed by atoms with van der Waals surface area (Å²) in [5.41, 5.74) is 4.18. The number of rotatable bonds is 7. The fourth-order valence-corrected chi connectivity index (χ4v) is 3.96. The van der Waals surface area contributed by atoms with Gasteiger partial charge in [0, 0.05) is 11.1 Å². The molecular formula is C24H23N3OS. The largest absolute Gasteiger partial charge is 0.310 e. The highest BCUT2D eigenvalue weighted by atomic mass is 32.2. The number of benzene rings is 2. The van der Waals surface area contributed by atoms with Crippen LogP contribution in [0.1, 0.15) is 16.8 Å². The molecule has 4 rings (SSSR count). The van der Waals surface area contributed by atoms with Crippen LogP contribution in [0.15, 0.2) is 83.9 Å². The summed E-state index contributed by atoms with van der Waals surface area (Å²) < 4.78 is 1.97. The van der Waals surface area contributed by atoms with Crippen LogP contribution in [0, 0.1) is 6.92 Å². The minimum Gasteiger partial charge on any atom is -0.310 e. The number of anilines is 1. The first-order valence-corrected chi connectivity index (χ1v) is 10.7. The minimum absolute atomic E-state index is 0.0258. The van der Waals surface area contributed by atoms with Crippen LogP contribution in [0.3, 0.4) is 0 Å². The SMILES string of the molecule is Cc1ccn2c(NC(=O)CSc3ccccc3)c(CCc3ccccc3)nc2c1. The lowest BCUT2D eigenvalue weighted by molar-refractivity contribution is -0.113. The summed E-state index contributed by atoms with van der Waals surface area (Å²) in [6, 6.07) is 24.4. The Morgan fingerprint density at radius 2 is 1.72 bits per heavy atom. The number of amides is 1. The molecule has 0 atom stereocenters. The number of hydrogen-bond acceptors (Lipinski definition) is 3. The molecule has 0 spiro atoms. The Hall–Kier alpha value is -3.05. The van der Waals surface area contributed by atoms with Gasteiger partial charge in [0.05, 0.1) is 11.4 Å². The summed E-state index contributed by atoms with van der Waals surface area (Å²) in [5.74, 6) is 1.11. The number of carbonyl (C=O) groups is 1. The molecule has 0 radical (unpaired) electrons. The zero-order chi connectivity index (χ0) is 20.1. The summed E-state index contributed by atoms with van der Waals surface area (Å²) in [6.45, 7) is 2.05. The first kappa shape index (κ1) is 19.3. The van der Waals surface area contributed by atoms with Crippen LogP contribution in [0.5, 0.6) is 0 Å². The van der Waals surface area contributed by atoms with Crippen LogP contribution in [0.4, 0.5) is 5.82 Å². The maximum Gasteiger partial charge on any atom is 0.235 e. The molecule has 2 aromatic heterocycles. The van der Waals surface area contributed by atoms with Gasteiger partial charge < -0.3 is 5.32 Å². The van der Waals surface area contributed by atoms with Gasteiger partial charge in [-0.25, -0.2) is 4.98 Å². The fourth-order valence-electron chi connectivity index (χ4n) is 3.24. The molecule has 0 fully saturated rings. The molecule has 29 heavy (non-hydrogen) atoms. The summed E-state index contributed by atoms with van der Waals surface area (Å²) in [5, 5.41) is 3.10. The molecule has 2 heterocycles. The Labute approximate surface area is 175 Å². The molecule has 4 nitrogen and oxygen atoms in total. The van der Waals surface area contributed by atoms with Crippen molar-refractivity contribution in [1.29, 1.82) is 0 Å². The second-order valence-electron chi connectivity index (χ2n) is 6.97. The van der Waals surface area contributed by atoms with Crippen molar-refractivity contribution in [3.63, 3.8) is 0 Å². The number of fused-ring (bicyclic) bond motifs is 1. The van der Waals surface area contributed by atoms with Crippen molar-refractivity contribution in [2.45, 2.75) is 24.7 Å². The van der Waals surface area contributed by atoms with Crippen molar-refractivity contribution >= 4 is 29.1 Å². The van der Waals surface area contributed by atoms with E-state index < -0.39 is 0 Å². The van der Waals surface area contributed by atoms with Crippen molar-refractivity contribution in [2.24, 2.45) is 0 Å². The number of carbonyl (C=O) groups excluding carboxylic acids is 1. The van der Waals surface area contributed by atoms with Gasteiger partial charge in [-0.3, -0.25) is 9.20 Å². The molecule has 0 saturated heterocycles. The van der Waals surface area contributed by atoms with E-state index in [9.17, 15) is 4.79 Å². The Morgan fingerprint density at radius 3 is 2.48 bits per heavy atom. The molecule has 0 aliphatic carbocycles. The molecule has 5 heteroatoms. The summed E-state index contributed by atoms with van der Waals surface area (Å²) >= 11 is 1.53. The molecule has 0 aliphatic heterocycles. The van der Waals surface area contributed by atoms with E-state index in [1.165, 1.54) is 17.3 Å². The number of aryl methyl sites for hydroxylation is 3. The van der Waals surface area contributed by atoms with E-state index in [2.05, 4.69) is 17.4 Å². The zero-order valence-electron chi connectivity index (χ0n) is 16.3. The number of thioether (sulfide) groups is 1. The predicted molar refractivity (Wildman–Crippen MR) is 120 cm³/mol. The predicted octanol–water partition coefficient (Wildman–Crippen LogP) is 5.16. The maximum absolute atomic E-state index is 12.6. The molecule has 0 aliphatic rings. The standard InChI is InChI=1S/C24H23N3OS/c1-18-14-15-27-22(16-18)25-21(13-12-19-8-4-2-5-9-19)24(27)26-23(28)17-29-20-10-6-3-7-11-20/h2-11,14-16H,12-13,17H2,1H3,(H,26,28). The average Bonchev–Trinajstić information content (AvgIpc) is 3.08. The third-order valence-electron chi connectivity index (χ3n) is 4.72. The smallest absolute Gasteiger partial charge is 0.235 e. The van der Waals surface area contributed by atoms with Crippen LogP contribution < -0.4 is 5.32 Å². The van der Waals surface area contributed by atoms with Gasteiger partial charge in [0.25, 0.3) is 0 Å². The van der Waals surface area contributed by atoms with E-state index in [0.717, 1.165) is 40.5 Å². The molecule has 1 N–H and O–H groups in total. The molecule has 0 bridgehead atoms. The third kappa shape index (κ3) is 4.87. The average molecular weight is 402 g/mol. The number of hydrogen-bond donors (Lipinski definition) is 1. The molecular weight excluding hydrogens is 378 g/mol. The second-order valence-corrected chi connectivity index (χ2v) is 8.02. The van der Waals surface area contributed by atoms with Gasteiger partial charge >= 0.3 is 0 Å². The molecule has 2 aromatic carbocycles. The lowest BCUT2D eigenvalue weighted by Crippen LogP contribution is -2.16. The van der Waals surface area contributed by atoms with Crippen LogP contribution in [0.25, 0.3) is 5.65 Å². The van der Waals surface area contributed by atoms with Crippen molar-refractivity contribution in [2.75, 3.05) is 11.1 Å². The number of pyridine rings is 1. The van der Waals surface area contributed by atoms with E-state index in [1.807, 2.05) is 78.2 Å². The molecule has 0 saturated carbocycles. The van der Waals surface area contributed by atoms with Gasteiger partial charge in [-0.15, -0.1) is 11.8 Å². The van der Waals surface area contributed by atoms with Crippen LogP contribution in [0.2, 0.25) is 0 Å². The Kier molecular flexibility index (Phi) is 5.96. The fraction of sp³-hybridized carbons (Fsp3) is 0.167. The summed E-state index contributed by atoms with van der Waals surface area (Å²) in [4.78, 5) is 18.5. The molecule has 0 unspecified atom stereocenters. The highest BCUT2D eigenvalue weighted by Crippen LogP contribution is 2.23. The van der Waals surface area contributed by atoms with E-state index in [1.54, 1.807) is 0 Å². The van der Waals surface area contributed by atoms with Gasteiger partial charge in [0.15, 0.2) is 0 Å². The topological polar surface area (TPSA) is 46.4 Å². The summed E-state index contributed by atoms with van der Waals surface area (Å²) in [6.07, 6.45) is 3.63. The van der Waals surface area contributed by atoms with Crippen LogP contribution >= 0.6 is 11.8 Å². The highest BCUT2D eigenvalue weighted by molar-refractivity contribution is 8.00. The zero-order valence-corrected chi connectivity index (χ0v) is 17.2. The van der Waals surface area contributed by atoms with Gasteiger partial charge in [0.2, 0.25) is 5.91 Å². The lowest BCUT2D eigenvalue weighted by atomic mass is 10.1. The van der Waals surface area contributed by atoms with Crippen molar-refractivity contribution in [3.8, 4) is 0 Å². The minimum atomic E-state index is -0.0258. The first-order chi connectivity index (χ1) is 14.2. The van der Waals surface area contributed by atoms with Gasteiger partial charge in [-0.2, -0.15) is 0 Å². The quantitative estimate of drug-likeness (QED) is 0.435. The Morgan fingerprint density at radius 1 is 1.00 bits per heavy atom. The lowest BCUT2D eigenvalue weighted by Gasteiger charge is -2.08. The number of nitrogens with one attached hydrogen (secondary N) is 1. The molecule has 4 aromatic rings. The monoisotopic (exact) mass is 401 g/mol. The highest BCUT2D eigenvalue weighted by Gasteiger charge is 2.15. The molecule has 1 amide bonds. The van der Waals surface area contributed by atoms with E-state index in [0.29, 0.717) is 5.75 Å². The van der Waals surface area contributed by atoms with Crippen LogP contribution in [-0.2, 0) is 17.6 Å². The maximum atomic E-state index is 12.6. The number of nitrogens with zero attached hydrogens (tertiary/aromatic N) is 2. The van der Waals surface area contributed by atoms with Crippen molar-refractivity contribution in [3.05, 3.63) is 95.8 Å². The summed E-state index contributed by atoms with van der Waals surface area (Å²) in [7, 11) is 0. The first-order valence-electron chi connectivity index (χ1n) is 9.68. The van der Waals surface area contributed by atoms with Gasteiger partial charge in [-0.05, 0) is 55.2 Å². The number of imidazole rings is 1. The Bertz CT molecular complexity index is 1110. The third-order valence-corrected chi connectivity index (χ3v) is 5.73. The molecule has 146 valence electrons. The van der Waals surface area contributed by atoms with Gasteiger partial charge in [-0.1, -0.05) is 48.5 Å². The normalized spacial score (nSPS) is 10.9. The second kappa shape index (κ2) is 8.97.